The molecule has 0 radical (unpaired) electrons. The molecule has 7 heteroatoms. The minimum Gasteiger partial charge on any atom is -0.463 e. The third kappa shape index (κ3) is 3.08. The molecule has 6 nitrogen and oxygen atoms in total. The van der Waals surface area contributed by atoms with Gasteiger partial charge < -0.3 is 10.1 Å². The van der Waals surface area contributed by atoms with Gasteiger partial charge in [-0.2, -0.15) is 0 Å². The Hall–Kier alpha value is -2.70. The number of allylic oxidation sites excluding steroid dienone is 1. The highest BCUT2D eigenvalue weighted by Crippen LogP contribution is 2.35. The van der Waals surface area contributed by atoms with E-state index in [1.807, 2.05) is 0 Å². The van der Waals surface area contributed by atoms with Crippen molar-refractivity contribution in [1.82, 2.24) is 10.2 Å². The molecule has 1 aromatic carbocycles. The molecular weight excluding hydrogens is 303 g/mol. The van der Waals surface area contributed by atoms with Crippen molar-refractivity contribution in [3.63, 3.8) is 0 Å². The van der Waals surface area contributed by atoms with E-state index in [-0.39, 0.29) is 23.4 Å². The highest BCUT2D eigenvalue weighted by molar-refractivity contribution is 6.01. The maximum atomic E-state index is 14.2. The van der Waals surface area contributed by atoms with Crippen molar-refractivity contribution in [3.05, 3.63) is 46.9 Å². The van der Waals surface area contributed by atoms with Crippen molar-refractivity contribution in [3.8, 4) is 0 Å². The minimum atomic E-state index is -1.17. The summed E-state index contributed by atoms with van der Waals surface area (Å²) in [6.07, 6.45) is 0. The summed E-state index contributed by atoms with van der Waals surface area (Å²) in [5.41, 5.74) is 0.325. The van der Waals surface area contributed by atoms with E-state index in [2.05, 4.69) is 5.32 Å². The number of imide groups is 1. The molecule has 23 heavy (non-hydrogen) atoms. The van der Waals surface area contributed by atoms with Crippen molar-refractivity contribution < 1.29 is 23.5 Å². The van der Waals surface area contributed by atoms with Gasteiger partial charge in [-0.15, -0.1) is 0 Å². The zero-order valence-electron chi connectivity index (χ0n) is 13.1. The predicted octanol–water partition coefficient (Wildman–Crippen LogP) is 2.28. The molecule has 1 aromatic rings. The average Bonchev–Trinajstić information content (AvgIpc) is 2.46. The van der Waals surface area contributed by atoms with Crippen LogP contribution in [-0.4, -0.2) is 29.4 Å². The summed E-state index contributed by atoms with van der Waals surface area (Å²) in [7, 11) is 0. The second-order valence-electron chi connectivity index (χ2n) is 5.00. The SMILES string of the molecule is CCOC(=O)C1=C(C)NC(=O)N(C(C)=O)C1c1ccccc1F. The first-order valence-corrected chi connectivity index (χ1v) is 7.11. The fourth-order valence-electron chi connectivity index (χ4n) is 2.53. The van der Waals surface area contributed by atoms with Crippen LogP contribution in [0.5, 0.6) is 0 Å². The van der Waals surface area contributed by atoms with Crippen molar-refractivity contribution in [2.24, 2.45) is 0 Å². The summed E-state index contributed by atoms with van der Waals surface area (Å²) in [6, 6.07) is 3.82. The Balaban J connectivity index is 2.67. The second kappa shape index (κ2) is 6.60. The van der Waals surface area contributed by atoms with Crippen molar-refractivity contribution in [1.29, 1.82) is 0 Å². The molecule has 1 aliphatic heterocycles. The van der Waals surface area contributed by atoms with Crippen LogP contribution in [-0.2, 0) is 14.3 Å². The van der Waals surface area contributed by atoms with Crippen molar-refractivity contribution in [2.45, 2.75) is 26.8 Å². The van der Waals surface area contributed by atoms with Crippen molar-refractivity contribution in [2.75, 3.05) is 6.61 Å². The van der Waals surface area contributed by atoms with E-state index in [1.165, 1.54) is 32.0 Å². The van der Waals surface area contributed by atoms with Crippen LogP contribution < -0.4 is 5.32 Å². The topological polar surface area (TPSA) is 75.7 Å². The minimum absolute atomic E-state index is 0.0340. The average molecular weight is 320 g/mol. The number of hydrogen-bond acceptors (Lipinski definition) is 4. The molecule has 0 spiro atoms. The van der Waals surface area contributed by atoms with Gasteiger partial charge in [0.05, 0.1) is 12.2 Å². The molecule has 1 aliphatic rings. The lowest BCUT2D eigenvalue weighted by molar-refractivity contribution is -0.139. The summed E-state index contributed by atoms with van der Waals surface area (Å²) in [4.78, 5) is 37.2. The summed E-state index contributed by atoms with van der Waals surface area (Å²) in [5, 5.41) is 2.44. The molecule has 1 heterocycles. The summed E-state index contributed by atoms with van der Waals surface area (Å²) in [6.45, 7) is 4.44. The Morgan fingerprint density at radius 1 is 1.35 bits per heavy atom. The quantitative estimate of drug-likeness (QED) is 0.867. The second-order valence-corrected chi connectivity index (χ2v) is 5.00. The molecule has 0 aromatic heterocycles. The molecule has 3 amide bonds. The third-order valence-electron chi connectivity index (χ3n) is 3.48. The van der Waals surface area contributed by atoms with Gasteiger partial charge in [0, 0.05) is 18.2 Å². The smallest absolute Gasteiger partial charge is 0.338 e. The molecule has 0 saturated carbocycles. The van der Waals surface area contributed by atoms with E-state index in [0.29, 0.717) is 0 Å². The van der Waals surface area contributed by atoms with Gasteiger partial charge in [0.15, 0.2) is 0 Å². The Morgan fingerprint density at radius 3 is 2.57 bits per heavy atom. The highest BCUT2D eigenvalue weighted by Gasteiger charge is 2.41. The van der Waals surface area contributed by atoms with Crippen LogP contribution >= 0.6 is 0 Å². The maximum Gasteiger partial charge on any atom is 0.338 e. The van der Waals surface area contributed by atoms with Gasteiger partial charge in [-0.05, 0) is 19.9 Å². The van der Waals surface area contributed by atoms with Gasteiger partial charge >= 0.3 is 12.0 Å². The Morgan fingerprint density at radius 2 is 2.00 bits per heavy atom. The van der Waals surface area contributed by atoms with Crippen LogP contribution in [0.4, 0.5) is 9.18 Å². The monoisotopic (exact) mass is 320 g/mol. The van der Waals surface area contributed by atoms with E-state index >= 15 is 0 Å². The fourth-order valence-corrected chi connectivity index (χ4v) is 2.53. The fraction of sp³-hybridized carbons (Fsp3) is 0.312. The molecule has 0 aliphatic carbocycles. The molecule has 0 fully saturated rings. The van der Waals surface area contributed by atoms with Crippen LogP contribution in [0.25, 0.3) is 0 Å². The Kier molecular flexibility index (Phi) is 4.78. The number of hydrogen-bond donors (Lipinski definition) is 1. The zero-order chi connectivity index (χ0) is 17.1. The molecule has 122 valence electrons. The van der Waals surface area contributed by atoms with Crippen LogP contribution in [0.2, 0.25) is 0 Å². The van der Waals surface area contributed by atoms with Gasteiger partial charge in [0.2, 0.25) is 5.91 Å². The predicted molar refractivity (Wildman–Crippen MR) is 79.5 cm³/mol. The summed E-state index contributed by atoms with van der Waals surface area (Å²) < 4.78 is 19.2. The molecule has 0 bridgehead atoms. The van der Waals surface area contributed by atoms with Crippen LogP contribution in [0.3, 0.4) is 0 Å². The Labute approximate surface area is 132 Å². The number of nitrogens with zero attached hydrogens (tertiary/aromatic N) is 1. The standard InChI is InChI=1S/C16H17FN2O4/c1-4-23-15(21)13-9(2)18-16(22)19(10(3)20)14(13)11-7-5-6-8-12(11)17/h5-8,14H,4H2,1-3H3,(H,18,22). The normalized spacial score (nSPS) is 17.8. The number of esters is 1. The van der Waals surface area contributed by atoms with Gasteiger partial charge in [-0.3, -0.25) is 9.69 Å². The van der Waals surface area contributed by atoms with E-state index < -0.39 is 29.8 Å². The molecular formula is C16H17FN2O4. The lowest BCUT2D eigenvalue weighted by Crippen LogP contribution is -2.50. The maximum absolute atomic E-state index is 14.2. The first-order valence-electron chi connectivity index (χ1n) is 7.11. The number of carbonyl (C=O) groups excluding carboxylic acids is 3. The van der Waals surface area contributed by atoms with Gasteiger partial charge in [-0.25, -0.2) is 14.0 Å². The molecule has 2 rings (SSSR count). The van der Waals surface area contributed by atoms with Crippen LogP contribution in [0.15, 0.2) is 35.5 Å². The van der Waals surface area contributed by atoms with Gasteiger partial charge in [0.1, 0.15) is 11.9 Å². The third-order valence-corrected chi connectivity index (χ3v) is 3.48. The van der Waals surface area contributed by atoms with Gasteiger partial charge in [-0.1, -0.05) is 18.2 Å². The molecule has 0 saturated heterocycles. The lowest BCUT2D eigenvalue weighted by atomic mass is 9.93. The number of nitrogens with one attached hydrogen (secondary N) is 1. The molecule has 1 N–H and O–H groups in total. The lowest BCUT2D eigenvalue weighted by Gasteiger charge is -2.35. The first kappa shape index (κ1) is 16.7. The number of rotatable bonds is 3. The number of carbonyl (C=O) groups is 3. The van der Waals surface area contributed by atoms with Crippen LogP contribution in [0.1, 0.15) is 32.4 Å². The number of halogens is 1. The largest absolute Gasteiger partial charge is 0.463 e. The number of urea groups is 1. The van der Waals surface area contributed by atoms with E-state index in [0.717, 1.165) is 4.90 Å². The van der Waals surface area contributed by atoms with Gasteiger partial charge in [0.25, 0.3) is 0 Å². The van der Waals surface area contributed by atoms with E-state index in [9.17, 15) is 18.8 Å². The van der Waals surface area contributed by atoms with Crippen LogP contribution in [0, 0.1) is 5.82 Å². The number of ether oxygens (including phenoxy) is 1. The van der Waals surface area contributed by atoms with E-state index in [4.69, 9.17) is 4.74 Å². The highest BCUT2D eigenvalue weighted by atomic mass is 19.1. The number of amides is 3. The van der Waals surface area contributed by atoms with Crippen molar-refractivity contribution >= 4 is 17.9 Å². The molecule has 1 unspecified atom stereocenters. The summed E-state index contributed by atoms with van der Waals surface area (Å²) in [5.74, 6) is -1.93. The van der Waals surface area contributed by atoms with E-state index in [1.54, 1.807) is 13.0 Å². The number of benzene rings is 1. The first-order chi connectivity index (χ1) is 10.9. The Bertz CT molecular complexity index is 699. The zero-order valence-corrected chi connectivity index (χ0v) is 13.1. The molecule has 1 atom stereocenters. The summed E-state index contributed by atoms with van der Waals surface area (Å²) >= 11 is 0.